The average molecular weight is 495 g/mol. The summed E-state index contributed by atoms with van der Waals surface area (Å²) in [6, 6.07) is 24.0. The molecule has 0 aliphatic heterocycles. The first kappa shape index (κ1) is 26.4. The van der Waals surface area contributed by atoms with Crippen LogP contribution in [0, 0.1) is 0 Å². The van der Waals surface area contributed by atoms with E-state index in [1.165, 1.54) is 16.4 Å². The molecular formula is C28H34N2O4S. The van der Waals surface area contributed by atoms with Gasteiger partial charge in [-0.1, -0.05) is 63.2 Å². The van der Waals surface area contributed by atoms with Crippen LogP contribution in [0.3, 0.4) is 0 Å². The summed E-state index contributed by atoms with van der Waals surface area (Å²) in [5.74, 6) is 0.328. The van der Waals surface area contributed by atoms with Gasteiger partial charge in [0.05, 0.1) is 4.90 Å². The van der Waals surface area contributed by atoms with Crippen LogP contribution in [-0.4, -0.2) is 37.8 Å². The van der Waals surface area contributed by atoms with Crippen molar-refractivity contribution in [3.8, 4) is 16.9 Å². The summed E-state index contributed by atoms with van der Waals surface area (Å²) >= 11 is 0. The van der Waals surface area contributed by atoms with Crippen molar-refractivity contribution in [1.82, 2.24) is 4.31 Å². The number of sulfonamides is 1. The molecule has 0 spiro atoms. The molecule has 1 N–H and O–H groups in total. The van der Waals surface area contributed by atoms with Crippen LogP contribution in [-0.2, 0) is 14.8 Å². The van der Waals surface area contributed by atoms with Crippen molar-refractivity contribution in [1.29, 1.82) is 0 Å². The molecule has 1 amide bonds. The normalized spacial score (nSPS) is 12.3. The Morgan fingerprint density at radius 3 is 1.94 bits per heavy atom. The summed E-state index contributed by atoms with van der Waals surface area (Å²) in [4.78, 5) is 13.1. The molecule has 1 unspecified atom stereocenters. The molecule has 0 aliphatic carbocycles. The number of anilines is 1. The van der Waals surface area contributed by atoms with E-state index in [9.17, 15) is 13.2 Å². The minimum Gasteiger partial charge on any atom is -0.481 e. The number of rotatable bonds is 12. The molecule has 0 aliphatic rings. The Bertz CT molecular complexity index is 1170. The highest BCUT2D eigenvalue weighted by Crippen LogP contribution is 2.24. The maximum atomic E-state index is 12.9. The van der Waals surface area contributed by atoms with Crippen molar-refractivity contribution in [3.05, 3.63) is 78.9 Å². The number of hydrogen-bond donors (Lipinski definition) is 1. The number of ether oxygens (including phenoxy) is 1. The highest BCUT2D eigenvalue weighted by atomic mass is 32.2. The van der Waals surface area contributed by atoms with E-state index < -0.39 is 16.1 Å². The van der Waals surface area contributed by atoms with Gasteiger partial charge >= 0.3 is 0 Å². The SMILES string of the molecule is CCCN(CCC)S(=O)(=O)c1ccc(NC(=O)C(CC)Oc2ccc(-c3ccccc3)cc2)cc1. The molecule has 0 fully saturated rings. The van der Waals surface area contributed by atoms with Gasteiger partial charge in [0.1, 0.15) is 5.75 Å². The third-order valence-electron chi connectivity index (χ3n) is 5.61. The van der Waals surface area contributed by atoms with Crippen LogP contribution in [0.15, 0.2) is 83.8 Å². The quantitative estimate of drug-likeness (QED) is 0.337. The van der Waals surface area contributed by atoms with Crippen molar-refractivity contribution in [2.24, 2.45) is 0 Å². The van der Waals surface area contributed by atoms with Crippen molar-refractivity contribution in [2.75, 3.05) is 18.4 Å². The smallest absolute Gasteiger partial charge is 0.265 e. The monoisotopic (exact) mass is 494 g/mol. The van der Waals surface area contributed by atoms with Crippen molar-refractivity contribution in [2.45, 2.75) is 51.0 Å². The largest absolute Gasteiger partial charge is 0.481 e. The minimum absolute atomic E-state index is 0.221. The van der Waals surface area contributed by atoms with Crippen LogP contribution in [0.1, 0.15) is 40.0 Å². The van der Waals surface area contributed by atoms with E-state index >= 15 is 0 Å². The third kappa shape index (κ3) is 6.93. The maximum absolute atomic E-state index is 12.9. The molecule has 0 aromatic heterocycles. The zero-order valence-electron chi connectivity index (χ0n) is 20.6. The molecular weight excluding hydrogens is 460 g/mol. The molecule has 1 atom stereocenters. The number of benzene rings is 3. The van der Waals surface area contributed by atoms with Crippen LogP contribution in [0.4, 0.5) is 5.69 Å². The zero-order chi connectivity index (χ0) is 25.3. The molecule has 0 heterocycles. The van der Waals surface area contributed by atoms with Gasteiger partial charge in [-0.3, -0.25) is 4.79 Å². The molecule has 3 aromatic carbocycles. The third-order valence-corrected chi connectivity index (χ3v) is 7.52. The first-order valence-electron chi connectivity index (χ1n) is 12.1. The Labute approximate surface area is 209 Å². The molecule has 35 heavy (non-hydrogen) atoms. The summed E-state index contributed by atoms with van der Waals surface area (Å²) in [6.45, 7) is 6.77. The Hall–Kier alpha value is -3.16. The van der Waals surface area contributed by atoms with Crippen LogP contribution >= 0.6 is 0 Å². The molecule has 186 valence electrons. The van der Waals surface area contributed by atoms with E-state index in [0.717, 1.165) is 24.0 Å². The van der Waals surface area contributed by atoms with Gasteiger partial charge in [-0.25, -0.2) is 8.42 Å². The van der Waals surface area contributed by atoms with E-state index in [0.29, 0.717) is 30.9 Å². The molecule has 0 saturated heterocycles. The Kier molecular flexibility index (Phi) is 9.46. The van der Waals surface area contributed by atoms with Crippen molar-refractivity contribution in [3.63, 3.8) is 0 Å². The number of amides is 1. The fourth-order valence-corrected chi connectivity index (χ4v) is 5.40. The molecule has 6 nitrogen and oxygen atoms in total. The number of carbonyl (C=O) groups excluding carboxylic acids is 1. The van der Waals surface area contributed by atoms with Gasteiger partial charge < -0.3 is 10.1 Å². The lowest BCUT2D eigenvalue weighted by molar-refractivity contribution is -0.122. The van der Waals surface area contributed by atoms with E-state index in [2.05, 4.69) is 5.32 Å². The van der Waals surface area contributed by atoms with Crippen LogP contribution in [0.5, 0.6) is 5.75 Å². The van der Waals surface area contributed by atoms with E-state index in [1.54, 1.807) is 12.1 Å². The summed E-state index contributed by atoms with van der Waals surface area (Å²) in [5, 5.41) is 2.84. The van der Waals surface area contributed by atoms with Crippen molar-refractivity contribution >= 4 is 21.6 Å². The van der Waals surface area contributed by atoms with E-state index in [4.69, 9.17) is 4.74 Å². The summed E-state index contributed by atoms with van der Waals surface area (Å²) in [6.07, 6.45) is 1.31. The first-order valence-corrected chi connectivity index (χ1v) is 13.6. The zero-order valence-corrected chi connectivity index (χ0v) is 21.4. The predicted molar refractivity (Wildman–Crippen MR) is 141 cm³/mol. The van der Waals surface area contributed by atoms with E-state index in [-0.39, 0.29) is 10.8 Å². The standard InChI is InChI=1S/C28H34N2O4S/c1-4-20-30(21-5-2)35(32,33)26-18-14-24(15-19-26)29-28(31)27(6-3)34-25-16-12-23(13-17-25)22-10-8-7-9-11-22/h7-19,27H,4-6,20-21H2,1-3H3,(H,29,31). The highest BCUT2D eigenvalue weighted by molar-refractivity contribution is 7.89. The fraction of sp³-hybridized carbons (Fsp3) is 0.321. The van der Waals surface area contributed by atoms with Crippen LogP contribution in [0.25, 0.3) is 11.1 Å². The predicted octanol–water partition coefficient (Wildman–Crippen LogP) is 5.96. The minimum atomic E-state index is -3.56. The van der Waals surface area contributed by atoms with Gasteiger partial charge in [0, 0.05) is 18.8 Å². The second kappa shape index (κ2) is 12.5. The van der Waals surface area contributed by atoms with Gasteiger partial charge in [0.25, 0.3) is 5.91 Å². The molecule has 0 saturated carbocycles. The number of nitrogens with one attached hydrogen (secondary N) is 1. The maximum Gasteiger partial charge on any atom is 0.265 e. The van der Waals surface area contributed by atoms with Gasteiger partial charge in [0.2, 0.25) is 10.0 Å². The second-order valence-corrected chi connectivity index (χ2v) is 10.3. The van der Waals surface area contributed by atoms with Crippen LogP contribution < -0.4 is 10.1 Å². The van der Waals surface area contributed by atoms with Gasteiger partial charge in [-0.05, 0) is 66.8 Å². The lowest BCUT2D eigenvalue weighted by Crippen LogP contribution is -2.33. The van der Waals surface area contributed by atoms with Gasteiger partial charge in [-0.15, -0.1) is 0 Å². The van der Waals surface area contributed by atoms with Gasteiger partial charge in [0.15, 0.2) is 6.10 Å². The molecule has 7 heteroatoms. The van der Waals surface area contributed by atoms with E-state index in [1.807, 2.05) is 75.4 Å². The number of carbonyl (C=O) groups is 1. The Balaban J connectivity index is 1.65. The highest BCUT2D eigenvalue weighted by Gasteiger charge is 2.23. The summed E-state index contributed by atoms with van der Waals surface area (Å²) in [5.41, 5.74) is 2.71. The number of hydrogen-bond acceptors (Lipinski definition) is 4. The topological polar surface area (TPSA) is 75.7 Å². The number of nitrogens with zero attached hydrogens (tertiary/aromatic N) is 1. The van der Waals surface area contributed by atoms with Crippen molar-refractivity contribution < 1.29 is 17.9 Å². The fourth-order valence-electron chi connectivity index (χ4n) is 3.78. The first-order chi connectivity index (χ1) is 16.9. The second-order valence-electron chi connectivity index (χ2n) is 8.32. The summed E-state index contributed by atoms with van der Waals surface area (Å²) in [7, 11) is -3.56. The average Bonchev–Trinajstić information content (AvgIpc) is 2.88. The molecule has 0 radical (unpaired) electrons. The molecule has 3 rings (SSSR count). The Morgan fingerprint density at radius 1 is 0.829 bits per heavy atom. The summed E-state index contributed by atoms with van der Waals surface area (Å²) < 4.78 is 33.3. The lowest BCUT2D eigenvalue weighted by Gasteiger charge is -2.21. The molecule has 0 bridgehead atoms. The van der Waals surface area contributed by atoms with Crippen LogP contribution in [0.2, 0.25) is 0 Å². The van der Waals surface area contributed by atoms with Gasteiger partial charge in [-0.2, -0.15) is 4.31 Å². The lowest BCUT2D eigenvalue weighted by atomic mass is 10.1. The molecule has 3 aromatic rings. The Morgan fingerprint density at radius 2 is 1.40 bits per heavy atom.